The van der Waals surface area contributed by atoms with Gasteiger partial charge in [0.05, 0.1) is 12.0 Å². The third-order valence-electron chi connectivity index (χ3n) is 4.17. The van der Waals surface area contributed by atoms with Crippen molar-refractivity contribution >= 4 is 11.8 Å². The van der Waals surface area contributed by atoms with Crippen LogP contribution in [0.4, 0.5) is 5.82 Å². The van der Waals surface area contributed by atoms with E-state index in [2.05, 4.69) is 4.98 Å². The Hall–Kier alpha value is -2.09. The van der Waals surface area contributed by atoms with Gasteiger partial charge in [-0.15, -0.1) is 0 Å². The number of anilines is 1. The maximum atomic E-state index is 11.2. The summed E-state index contributed by atoms with van der Waals surface area (Å²) in [5.74, 6) is -0.109. The van der Waals surface area contributed by atoms with E-state index in [1.54, 1.807) is 12.1 Å². The summed E-state index contributed by atoms with van der Waals surface area (Å²) < 4.78 is 0. The van der Waals surface area contributed by atoms with Gasteiger partial charge in [-0.1, -0.05) is 25.3 Å². The molecule has 0 saturated heterocycles. The summed E-state index contributed by atoms with van der Waals surface area (Å²) in [6.07, 6.45) is 5.05. The predicted molar refractivity (Wildman–Crippen MR) is 75.4 cm³/mol. The molecule has 0 bridgehead atoms. The minimum absolute atomic E-state index is 0.113. The summed E-state index contributed by atoms with van der Waals surface area (Å²) in [4.78, 5) is 17.5. The second kappa shape index (κ2) is 5.91. The Bertz CT molecular complexity index is 530. The number of aliphatic carboxylic acids is 1. The monoisotopic (exact) mass is 273 g/mol. The number of hydrogen-bond donors (Lipinski definition) is 1. The molecule has 1 aromatic heterocycles. The van der Waals surface area contributed by atoms with Gasteiger partial charge in [0, 0.05) is 7.05 Å². The molecule has 1 aliphatic rings. The maximum Gasteiger partial charge on any atom is 0.305 e. The lowest BCUT2D eigenvalue weighted by molar-refractivity contribution is -0.138. The van der Waals surface area contributed by atoms with Crippen LogP contribution in [0.3, 0.4) is 0 Å². The molecule has 1 aliphatic carbocycles. The van der Waals surface area contributed by atoms with E-state index in [1.165, 1.54) is 0 Å². The number of hydrogen-bond acceptors (Lipinski definition) is 4. The highest BCUT2D eigenvalue weighted by molar-refractivity contribution is 5.69. The highest BCUT2D eigenvalue weighted by Gasteiger charge is 2.38. The smallest absolute Gasteiger partial charge is 0.305 e. The van der Waals surface area contributed by atoms with Crippen LogP contribution in [0.5, 0.6) is 0 Å². The standard InChI is InChI=1S/C15H19N3O2/c1-18(13-7-5-6-12(11-16)17-13)15(10-14(19)20)8-3-2-4-9-15/h5-7H,2-4,8-10H2,1H3,(H,19,20). The van der Waals surface area contributed by atoms with Crippen molar-refractivity contribution in [3.05, 3.63) is 23.9 Å². The largest absolute Gasteiger partial charge is 0.481 e. The van der Waals surface area contributed by atoms with Crippen LogP contribution in [-0.4, -0.2) is 28.6 Å². The molecule has 20 heavy (non-hydrogen) atoms. The van der Waals surface area contributed by atoms with Crippen molar-refractivity contribution in [3.8, 4) is 6.07 Å². The van der Waals surface area contributed by atoms with Gasteiger partial charge in [0.2, 0.25) is 0 Å². The van der Waals surface area contributed by atoms with Crippen molar-refractivity contribution in [2.45, 2.75) is 44.1 Å². The van der Waals surface area contributed by atoms with Gasteiger partial charge in [-0.2, -0.15) is 5.26 Å². The van der Waals surface area contributed by atoms with E-state index in [9.17, 15) is 9.90 Å². The molecule has 1 heterocycles. The quantitative estimate of drug-likeness (QED) is 0.912. The first-order valence-electron chi connectivity index (χ1n) is 6.90. The van der Waals surface area contributed by atoms with Gasteiger partial charge in [0.25, 0.3) is 0 Å². The van der Waals surface area contributed by atoms with E-state index >= 15 is 0 Å². The fourth-order valence-corrected chi connectivity index (χ4v) is 3.04. The molecular formula is C15H19N3O2. The molecule has 0 unspecified atom stereocenters. The number of carbonyl (C=O) groups is 1. The number of carboxylic acids is 1. The molecule has 1 N–H and O–H groups in total. The van der Waals surface area contributed by atoms with E-state index in [0.29, 0.717) is 11.5 Å². The minimum atomic E-state index is -0.782. The second-order valence-electron chi connectivity index (χ2n) is 5.41. The highest BCUT2D eigenvalue weighted by atomic mass is 16.4. The molecule has 2 rings (SSSR count). The summed E-state index contributed by atoms with van der Waals surface area (Å²) in [5.41, 5.74) is -0.0267. The Morgan fingerprint density at radius 1 is 1.45 bits per heavy atom. The third-order valence-corrected chi connectivity index (χ3v) is 4.17. The Morgan fingerprint density at radius 2 is 2.15 bits per heavy atom. The van der Waals surface area contributed by atoms with Crippen molar-refractivity contribution in [2.24, 2.45) is 0 Å². The first kappa shape index (κ1) is 14.3. The molecule has 5 nitrogen and oxygen atoms in total. The Kier molecular flexibility index (Phi) is 4.23. The highest BCUT2D eigenvalue weighted by Crippen LogP contribution is 2.37. The summed E-state index contributed by atoms with van der Waals surface area (Å²) in [6, 6.07) is 7.30. The molecule has 1 fully saturated rings. The average Bonchev–Trinajstić information content (AvgIpc) is 2.46. The van der Waals surface area contributed by atoms with E-state index in [-0.39, 0.29) is 12.0 Å². The topological polar surface area (TPSA) is 77.2 Å². The molecule has 0 amide bonds. The van der Waals surface area contributed by atoms with Crippen molar-refractivity contribution < 1.29 is 9.90 Å². The molecule has 106 valence electrons. The molecule has 5 heteroatoms. The minimum Gasteiger partial charge on any atom is -0.481 e. The first-order valence-corrected chi connectivity index (χ1v) is 6.90. The molecule has 1 saturated carbocycles. The molecule has 0 aromatic carbocycles. The van der Waals surface area contributed by atoms with Gasteiger partial charge in [-0.05, 0) is 25.0 Å². The van der Waals surface area contributed by atoms with Crippen LogP contribution in [0.1, 0.15) is 44.2 Å². The maximum absolute atomic E-state index is 11.2. The number of rotatable bonds is 4. The van der Waals surface area contributed by atoms with Crippen LogP contribution >= 0.6 is 0 Å². The fraction of sp³-hybridized carbons (Fsp3) is 0.533. The molecule has 0 radical (unpaired) electrons. The summed E-state index contributed by atoms with van der Waals surface area (Å²) in [5, 5.41) is 18.2. The number of nitriles is 1. The van der Waals surface area contributed by atoms with E-state index in [0.717, 1.165) is 32.1 Å². The lowest BCUT2D eigenvalue weighted by Gasteiger charge is -2.44. The van der Waals surface area contributed by atoms with Crippen molar-refractivity contribution in [1.82, 2.24) is 4.98 Å². The summed E-state index contributed by atoms with van der Waals surface area (Å²) >= 11 is 0. The molecule has 0 atom stereocenters. The van der Waals surface area contributed by atoms with Crippen LogP contribution in [0.2, 0.25) is 0 Å². The number of carboxylic acid groups (broad SMARTS) is 1. The zero-order chi connectivity index (χ0) is 14.6. The van der Waals surface area contributed by atoms with Crippen LogP contribution in [0.25, 0.3) is 0 Å². The third kappa shape index (κ3) is 2.90. The van der Waals surface area contributed by atoms with Crippen LogP contribution in [0, 0.1) is 11.3 Å². The van der Waals surface area contributed by atoms with Crippen LogP contribution in [0.15, 0.2) is 18.2 Å². The summed E-state index contributed by atoms with van der Waals surface area (Å²) in [7, 11) is 1.89. The number of pyridine rings is 1. The predicted octanol–water partition coefficient (Wildman–Crippen LogP) is 2.57. The lowest BCUT2D eigenvalue weighted by Crippen LogP contribution is -2.50. The molecule has 1 aromatic rings. The van der Waals surface area contributed by atoms with E-state index in [4.69, 9.17) is 5.26 Å². The zero-order valence-electron chi connectivity index (χ0n) is 11.7. The van der Waals surface area contributed by atoms with Crippen LogP contribution in [-0.2, 0) is 4.79 Å². The Morgan fingerprint density at radius 3 is 2.75 bits per heavy atom. The van der Waals surface area contributed by atoms with Gasteiger partial charge in [0.1, 0.15) is 17.6 Å². The number of aromatic nitrogens is 1. The Labute approximate surface area is 118 Å². The van der Waals surface area contributed by atoms with E-state index in [1.807, 2.05) is 24.1 Å². The number of nitrogens with zero attached hydrogens (tertiary/aromatic N) is 3. The molecular weight excluding hydrogens is 254 g/mol. The second-order valence-corrected chi connectivity index (χ2v) is 5.41. The normalized spacial score (nSPS) is 17.2. The summed E-state index contributed by atoms with van der Waals surface area (Å²) in [6.45, 7) is 0. The van der Waals surface area contributed by atoms with Gasteiger partial charge >= 0.3 is 5.97 Å². The Balaban J connectivity index is 2.32. The zero-order valence-corrected chi connectivity index (χ0v) is 11.7. The van der Waals surface area contributed by atoms with E-state index < -0.39 is 5.97 Å². The van der Waals surface area contributed by atoms with Crippen molar-refractivity contribution in [1.29, 1.82) is 5.26 Å². The van der Waals surface area contributed by atoms with Gasteiger partial charge < -0.3 is 10.0 Å². The lowest BCUT2D eigenvalue weighted by atomic mass is 9.78. The first-order chi connectivity index (χ1) is 9.57. The van der Waals surface area contributed by atoms with Crippen LogP contribution < -0.4 is 4.90 Å². The van der Waals surface area contributed by atoms with Gasteiger partial charge in [-0.3, -0.25) is 4.79 Å². The molecule has 0 aliphatic heterocycles. The average molecular weight is 273 g/mol. The van der Waals surface area contributed by atoms with Crippen molar-refractivity contribution in [2.75, 3.05) is 11.9 Å². The van der Waals surface area contributed by atoms with Crippen molar-refractivity contribution in [3.63, 3.8) is 0 Å². The van der Waals surface area contributed by atoms with Gasteiger partial charge in [0.15, 0.2) is 0 Å². The SMILES string of the molecule is CN(c1cccc(C#N)n1)C1(CC(=O)O)CCCCC1. The fourth-order valence-electron chi connectivity index (χ4n) is 3.04. The molecule has 0 spiro atoms. The van der Waals surface area contributed by atoms with Gasteiger partial charge in [-0.25, -0.2) is 4.98 Å².